The second-order valence-electron chi connectivity index (χ2n) is 6.99. The van der Waals surface area contributed by atoms with Crippen molar-refractivity contribution in [2.24, 2.45) is 0 Å². The van der Waals surface area contributed by atoms with Gasteiger partial charge in [0.25, 0.3) is 5.56 Å². The first-order chi connectivity index (χ1) is 14.5. The highest BCUT2D eigenvalue weighted by atomic mass is 32.2. The third-order valence-corrected chi connectivity index (χ3v) is 5.69. The van der Waals surface area contributed by atoms with Gasteiger partial charge in [0.1, 0.15) is 5.82 Å². The zero-order valence-electron chi connectivity index (χ0n) is 16.4. The lowest BCUT2D eigenvalue weighted by molar-refractivity contribution is -0.136. The maximum atomic E-state index is 13.4. The first kappa shape index (κ1) is 22.7. The number of sulfone groups is 1. The first-order valence-electron chi connectivity index (χ1n) is 9.19. The van der Waals surface area contributed by atoms with Crippen molar-refractivity contribution in [1.29, 1.82) is 0 Å². The van der Waals surface area contributed by atoms with Crippen LogP contribution in [0.4, 0.5) is 17.6 Å². The standard InChI is InChI=1S/C21H18F4N2O3S/c1-31(29,30)17-5-2-4-15(12-17)18-13-26-27(11-3-10-21(23,24)25)20(28)19(18)14-6-8-16(22)9-7-14/h2,4-9,12-13H,3,10-11H2,1H3. The molecule has 0 atom stereocenters. The van der Waals surface area contributed by atoms with Gasteiger partial charge in [-0.05, 0) is 41.8 Å². The Morgan fingerprint density at radius 2 is 1.71 bits per heavy atom. The Hall–Kier alpha value is -3.01. The lowest BCUT2D eigenvalue weighted by Gasteiger charge is -2.14. The Bertz CT molecular complexity index is 1250. The molecular formula is C21H18F4N2O3S. The van der Waals surface area contributed by atoms with Gasteiger partial charge in [0.15, 0.2) is 9.84 Å². The smallest absolute Gasteiger partial charge is 0.267 e. The van der Waals surface area contributed by atoms with E-state index >= 15 is 0 Å². The molecule has 0 fully saturated rings. The molecule has 0 aliphatic rings. The first-order valence-corrected chi connectivity index (χ1v) is 11.1. The van der Waals surface area contributed by atoms with Crippen LogP contribution in [0.1, 0.15) is 12.8 Å². The van der Waals surface area contributed by atoms with E-state index in [-0.39, 0.29) is 29.0 Å². The molecule has 164 valence electrons. The van der Waals surface area contributed by atoms with Crippen LogP contribution in [0, 0.1) is 5.82 Å². The van der Waals surface area contributed by atoms with Gasteiger partial charge in [-0.3, -0.25) is 4.79 Å². The summed E-state index contributed by atoms with van der Waals surface area (Å²) in [5.74, 6) is -0.524. The summed E-state index contributed by atoms with van der Waals surface area (Å²) in [6.07, 6.45) is -3.40. The van der Waals surface area contributed by atoms with Crippen LogP contribution in [0.3, 0.4) is 0 Å². The molecule has 5 nitrogen and oxygen atoms in total. The molecule has 0 saturated carbocycles. The van der Waals surface area contributed by atoms with Gasteiger partial charge >= 0.3 is 6.18 Å². The predicted molar refractivity (Wildman–Crippen MR) is 108 cm³/mol. The molecule has 0 N–H and O–H groups in total. The molecule has 3 rings (SSSR count). The van der Waals surface area contributed by atoms with Crippen molar-refractivity contribution in [3.05, 3.63) is 70.9 Å². The van der Waals surface area contributed by atoms with Crippen molar-refractivity contribution in [1.82, 2.24) is 9.78 Å². The third kappa shape index (κ3) is 5.57. The van der Waals surface area contributed by atoms with Gasteiger partial charge in [0.05, 0.1) is 16.7 Å². The molecule has 0 amide bonds. The second kappa shape index (κ2) is 8.62. The highest BCUT2D eigenvalue weighted by Crippen LogP contribution is 2.30. The second-order valence-corrected chi connectivity index (χ2v) is 9.00. The largest absolute Gasteiger partial charge is 0.389 e. The van der Waals surface area contributed by atoms with Crippen LogP contribution in [0.15, 0.2) is 64.4 Å². The molecule has 1 aromatic heterocycles. The van der Waals surface area contributed by atoms with E-state index in [1.807, 2.05) is 0 Å². The number of hydrogen-bond donors (Lipinski definition) is 0. The highest BCUT2D eigenvalue weighted by Gasteiger charge is 2.26. The topological polar surface area (TPSA) is 69.0 Å². The Kier molecular flexibility index (Phi) is 6.30. The normalized spacial score (nSPS) is 12.2. The molecule has 3 aromatic rings. The molecule has 0 spiro atoms. The van der Waals surface area contributed by atoms with Gasteiger partial charge < -0.3 is 0 Å². The van der Waals surface area contributed by atoms with E-state index in [1.165, 1.54) is 36.5 Å². The average molecular weight is 454 g/mol. The molecule has 0 aliphatic heterocycles. The fraction of sp³-hybridized carbons (Fsp3) is 0.238. The van der Waals surface area contributed by atoms with Crippen LogP contribution in [0.5, 0.6) is 0 Å². The van der Waals surface area contributed by atoms with Crippen molar-refractivity contribution >= 4 is 9.84 Å². The number of rotatable bonds is 6. The Labute approximate surface area is 175 Å². The van der Waals surface area contributed by atoms with E-state index in [4.69, 9.17) is 0 Å². The monoisotopic (exact) mass is 454 g/mol. The quantitative estimate of drug-likeness (QED) is 0.516. The maximum absolute atomic E-state index is 13.4. The van der Waals surface area contributed by atoms with Crippen molar-refractivity contribution in [3.8, 4) is 22.3 Å². The number of alkyl halides is 3. The van der Waals surface area contributed by atoms with Crippen LogP contribution in [0.2, 0.25) is 0 Å². The maximum Gasteiger partial charge on any atom is 0.389 e. The molecule has 0 bridgehead atoms. The summed E-state index contributed by atoms with van der Waals surface area (Å²) in [6, 6.07) is 10.9. The van der Waals surface area contributed by atoms with Crippen LogP contribution in [0.25, 0.3) is 22.3 Å². The summed E-state index contributed by atoms with van der Waals surface area (Å²) in [5, 5.41) is 3.98. The van der Waals surface area contributed by atoms with Crippen molar-refractivity contribution < 1.29 is 26.0 Å². The van der Waals surface area contributed by atoms with Gasteiger partial charge in [-0.2, -0.15) is 18.3 Å². The SMILES string of the molecule is CS(=O)(=O)c1cccc(-c2cnn(CCCC(F)(F)F)c(=O)c2-c2ccc(F)cc2)c1. The van der Waals surface area contributed by atoms with E-state index in [0.717, 1.165) is 23.1 Å². The molecule has 2 aromatic carbocycles. The van der Waals surface area contributed by atoms with Gasteiger partial charge in [-0.15, -0.1) is 0 Å². The molecule has 0 radical (unpaired) electrons. The number of aromatic nitrogens is 2. The van der Waals surface area contributed by atoms with Crippen LogP contribution in [-0.4, -0.2) is 30.6 Å². The van der Waals surface area contributed by atoms with Crippen molar-refractivity contribution in [2.45, 2.75) is 30.5 Å². The van der Waals surface area contributed by atoms with E-state index in [2.05, 4.69) is 5.10 Å². The van der Waals surface area contributed by atoms with Crippen LogP contribution >= 0.6 is 0 Å². The Balaban J connectivity index is 2.14. The zero-order valence-corrected chi connectivity index (χ0v) is 17.2. The van der Waals surface area contributed by atoms with E-state index in [0.29, 0.717) is 11.1 Å². The Morgan fingerprint density at radius 1 is 1.03 bits per heavy atom. The fourth-order valence-corrected chi connectivity index (χ4v) is 3.75. The zero-order chi connectivity index (χ0) is 22.8. The molecule has 10 heteroatoms. The molecule has 1 heterocycles. The van der Waals surface area contributed by atoms with E-state index < -0.39 is 33.8 Å². The number of benzene rings is 2. The Morgan fingerprint density at radius 3 is 2.32 bits per heavy atom. The van der Waals surface area contributed by atoms with Gasteiger partial charge in [-0.1, -0.05) is 24.3 Å². The lowest BCUT2D eigenvalue weighted by Crippen LogP contribution is -2.26. The minimum Gasteiger partial charge on any atom is -0.267 e. The third-order valence-electron chi connectivity index (χ3n) is 4.58. The minimum atomic E-state index is -4.35. The van der Waals surface area contributed by atoms with Gasteiger partial charge in [0.2, 0.25) is 0 Å². The number of nitrogens with zero attached hydrogens (tertiary/aromatic N) is 2. The highest BCUT2D eigenvalue weighted by molar-refractivity contribution is 7.90. The molecule has 0 aliphatic carbocycles. The molecule has 31 heavy (non-hydrogen) atoms. The molecule has 0 unspecified atom stereocenters. The fourth-order valence-electron chi connectivity index (χ4n) is 3.09. The molecule has 0 saturated heterocycles. The summed E-state index contributed by atoms with van der Waals surface area (Å²) in [6.45, 7) is -0.254. The summed E-state index contributed by atoms with van der Waals surface area (Å²) >= 11 is 0. The lowest BCUT2D eigenvalue weighted by atomic mass is 9.97. The van der Waals surface area contributed by atoms with Gasteiger partial charge in [-0.25, -0.2) is 17.5 Å². The number of halogens is 4. The van der Waals surface area contributed by atoms with E-state index in [9.17, 15) is 30.8 Å². The van der Waals surface area contributed by atoms with Gasteiger partial charge in [0, 0.05) is 24.8 Å². The molecular weight excluding hydrogens is 436 g/mol. The van der Waals surface area contributed by atoms with Crippen molar-refractivity contribution in [3.63, 3.8) is 0 Å². The predicted octanol–water partition coefficient (Wildman–Crippen LogP) is 4.46. The summed E-state index contributed by atoms with van der Waals surface area (Å²) < 4.78 is 75.6. The van der Waals surface area contributed by atoms with Crippen LogP contribution < -0.4 is 5.56 Å². The number of hydrogen-bond acceptors (Lipinski definition) is 4. The van der Waals surface area contributed by atoms with Crippen molar-refractivity contribution in [2.75, 3.05) is 6.26 Å². The van der Waals surface area contributed by atoms with E-state index in [1.54, 1.807) is 6.07 Å². The summed E-state index contributed by atoms with van der Waals surface area (Å²) in [5.41, 5.74) is 0.435. The minimum absolute atomic E-state index is 0.0319. The average Bonchev–Trinajstić information content (AvgIpc) is 2.68. The number of aryl methyl sites for hydroxylation is 1. The van der Waals surface area contributed by atoms with Crippen LogP contribution in [-0.2, 0) is 16.4 Å². The summed E-state index contributed by atoms with van der Waals surface area (Å²) in [7, 11) is -3.52. The summed E-state index contributed by atoms with van der Waals surface area (Å²) in [4.78, 5) is 13.1.